The van der Waals surface area contributed by atoms with Crippen LogP contribution in [0.2, 0.25) is 5.02 Å². The van der Waals surface area contributed by atoms with Crippen LogP contribution < -0.4 is 4.90 Å². The molecule has 2 aromatic heterocycles. The molecule has 0 saturated heterocycles. The molecule has 0 atom stereocenters. The normalized spacial score (nSPS) is 10.3. The molecule has 0 fully saturated rings. The number of anilines is 1. The Morgan fingerprint density at radius 1 is 1.45 bits per heavy atom. The van der Waals surface area contributed by atoms with E-state index in [1.165, 1.54) is 11.3 Å². The Morgan fingerprint density at radius 3 is 2.95 bits per heavy atom. The molecule has 106 valence electrons. The molecule has 0 amide bonds. The highest BCUT2D eigenvalue weighted by molar-refractivity contribution is 7.13. The van der Waals surface area contributed by atoms with Gasteiger partial charge in [-0.25, -0.2) is 9.78 Å². The predicted octanol–water partition coefficient (Wildman–Crippen LogP) is 3.00. The van der Waals surface area contributed by atoms with Crippen molar-refractivity contribution in [3.8, 4) is 0 Å². The van der Waals surface area contributed by atoms with Crippen LogP contribution in [0.5, 0.6) is 0 Å². The van der Waals surface area contributed by atoms with E-state index in [-0.39, 0.29) is 5.97 Å². The van der Waals surface area contributed by atoms with Gasteiger partial charge in [0.25, 0.3) is 0 Å². The number of carbonyl (C=O) groups is 1. The van der Waals surface area contributed by atoms with Gasteiger partial charge in [0.15, 0.2) is 0 Å². The molecule has 0 aliphatic rings. The molecule has 7 heteroatoms. The lowest BCUT2D eigenvalue weighted by Crippen LogP contribution is -2.16. The number of rotatable bonds is 5. The standard InChI is InChI=1S/C13H14ClN3O2S/c1-3-19-13(18)11-7-16-12(20-11)8-17(2)10-4-9(14)5-15-6-10/h4-7H,3,8H2,1-2H3. The lowest BCUT2D eigenvalue weighted by atomic mass is 10.4. The van der Waals surface area contributed by atoms with E-state index < -0.39 is 0 Å². The first-order valence-corrected chi connectivity index (χ1v) is 7.23. The van der Waals surface area contributed by atoms with Crippen LogP contribution in [0.15, 0.2) is 24.7 Å². The number of nitrogens with zero attached hydrogens (tertiary/aromatic N) is 3. The number of carbonyl (C=O) groups excluding carboxylic acids is 1. The van der Waals surface area contributed by atoms with Crippen molar-refractivity contribution < 1.29 is 9.53 Å². The molecule has 0 aliphatic heterocycles. The number of esters is 1. The van der Waals surface area contributed by atoms with Gasteiger partial charge >= 0.3 is 5.97 Å². The Balaban J connectivity index is 2.05. The van der Waals surface area contributed by atoms with Gasteiger partial charge in [-0.2, -0.15) is 0 Å². The van der Waals surface area contributed by atoms with Crippen LogP contribution in [-0.2, 0) is 11.3 Å². The smallest absolute Gasteiger partial charge is 0.349 e. The number of thiazole rings is 1. The Morgan fingerprint density at radius 2 is 2.25 bits per heavy atom. The summed E-state index contributed by atoms with van der Waals surface area (Å²) in [5.74, 6) is -0.330. The first kappa shape index (κ1) is 14.7. The minimum atomic E-state index is -0.330. The van der Waals surface area contributed by atoms with Gasteiger partial charge in [0, 0.05) is 13.2 Å². The summed E-state index contributed by atoms with van der Waals surface area (Å²) < 4.78 is 4.94. The average Bonchev–Trinajstić information content (AvgIpc) is 2.87. The second kappa shape index (κ2) is 6.67. The molecule has 2 aromatic rings. The third-order valence-electron chi connectivity index (χ3n) is 2.53. The number of ether oxygens (including phenoxy) is 1. The van der Waals surface area contributed by atoms with Crippen molar-refractivity contribution in [3.63, 3.8) is 0 Å². The zero-order valence-electron chi connectivity index (χ0n) is 11.2. The Kier molecular flexibility index (Phi) is 4.92. The molecule has 2 rings (SSSR count). The summed E-state index contributed by atoms with van der Waals surface area (Å²) in [5, 5.41) is 1.41. The minimum Gasteiger partial charge on any atom is -0.462 e. The zero-order chi connectivity index (χ0) is 14.5. The van der Waals surface area contributed by atoms with Crippen molar-refractivity contribution in [1.82, 2.24) is 9.97 Å². The molecule has 0 aromatic carbocycles. The summed E-state index contributed by atoms with van der Waals surface area (Å²) in [4.78, 5) is 22.3. The summed E-state index contributed by atoms with van der Waals surface area (Å²) in [6, 6.07) is 1.83. The van der Waals surface area contributed by atoms with Crippen LogP contribution in [0.4, 0.5) is 5.69 Å². The van der Waals surface area contributed by atoms with Crippen LogP contribution in [-0.4, -0.2) is 29.6 Å². The van der Waals surface area contributed by atoms with E-state index in [9.17, 15) is 4.79 Å². The lowest BCUT2D eigenvalue weighted by Gasteiger charge is -2.17. The highest BCUT2D eigenvalue weighted by Gasteiger charge is 2.13. The maximum absolute atomic E-state index is 11.6. The van der Waals surface area contributed by atoms with Crippen LogP contribution in [0, 0.1) is 0 Å². The first-order chi connectivity index (χ1) is 9.60. The number of pyridine rings is 1. The molecule has 2 heterocycles. The number of hydrogen-bond acceptors (Lipinski definition) is 6. The summed E-state index contributed by atoms with van der Waals surface area (Å²) in [5.41, 5.74) is 0.894. The topological polar surface area (TPSA) is 55.3 Å². The van der Waals surface area contributed by atoms with Gasteiger partial charge in [0.05, 0.1) is 36.3 Å². The molecule has 5 nitrogen and oxygen atoms in total. The van der Waals surface area contributed by atoms with Gasteiger partial charge in [-0.1, -0.05) is 11.6 Å². The molecule has 0 unspecified atom stereocenters. The zero-order valence-corrected chi connectivity index (χ0v) is 12.7. The molecule has 0 saturated carbocycles. The fourth-order valence-corrected chi connectivity index (χ4v) is 2.62. The number of hydrogen-bond donors (Lipinski definition) is 0. The van der Waals surface area contributed by atoms with Crippen molar-refractivity contribution in [3.05, 3.63) is 39.6 Å². The summed E-state index contributed by atoms with van der Waals surface area (Å²) in [6.45, 7) is 2.71. The Bertz CT molecular complexity index is 603. The SMILES string of the molecule is CCOC(=O)c1cnc(CN(C)c2cncc(Cl)c2)s1. The van der Waals surface area contributed by atoms with Gasteiger partial charge in [-0.3, -0.25) is 4.98 Å². The molecular formula is C13H14ClN3O2S. The fourth-order valence-electron chi connectivity index (χ4n) is 1.58. The van der Waals surface area contributed by atoms with Crippen molar-refractivity contribution in [2.24, 2.45) is 0 Å². The highest BCUT2D eigenvalue weighted by atomic mass is 35.5. The van der Waals surface area contributed by atoms with E-state index in [1.807, 2.05) is 18.0 Å². The van der Waals surface area contributed by atoms with E-state index >= 15 is 0 Å². The molecule has 0 bridgehead atoms. The average molecular weight is 312 g/mol. The molecule has 20 heavy (non-hydrogen) atoms. The van der Waals surface area contributed by atoms with Crippen LogP contribution >= 0.6 is 22.9 Å². The van der Waals surface area contributed by atoms with Crippen molar-refractivity contribution >= 4 is 34.6 Å². The number of aromatic nitrogens is 2. The molecular weight excluding hydrogens is 298 g/mol. The fraction of sp³-hybridized carbons (Fsp3) is 0.308. The summed E-state index contributed by atoms with van der Waals surface area (Å²) in [7, 11) is 1.92. The summed E-state index contributed by atoms with van der Waals surface area (Å²) >= 11 is 7.24. The third kappa shape index (κ3) is 3.68. The first-order valence-electron chi connectivity index (χ1n) is 6.03. The summed E-state index contributed by atoms with van der Waals surface area (Å²) in [6.07, 6.45) is 4.86. The molecule has 0 N–H and O–H groups in total. The molecule has 0 spiro atoms. The lowest BCUT2D eigenvalue weighted by molar-refractivity contribution is 0.0532. The van der Waals surface area contributed by atoms with E-state index in [0.29, 0.717) is 23.1 Å². The van der Waals surface area contributed by atoms with Crippen molar-refractivity contribution in [2.75, 3.05) is 18.6 Å². The maximum atomic E-state index is 11.6. The quantitative estimate of drug-likeness (QED) is 0.795. The molecule has 0 radical (unpaired) electrons. The van der Waals surface area contributed by atoms with E-state index in [1.54, 1.807) is 25.5 Å². The van der Waals surface area contributed by atoms with Gasteiger partial charge in [-0.05, 0) is 13.0 Å². The van der Waals surface area contributed by atoms with Crippen molar-refractivity contribution in [1.29, 1.82) is 0 Å². The van der Waals surface area contributed by atoms with E-state index in [0.717, 1.165) is 10.7 Å². The molecule has 0 aliphatic carbocycles. The third-order valence-corrected chi connectivity index (χ3v) is 3.70. The largest absolute Gasteiger partial charge is 0.462 e. The van der Waals surface area contributed by atoms with E-state index in [2.05, 4.69) is 9.97 Å². The van der Waals surface area contributed by atoms with Gasteiger partial charge < -0.3 is 9.64 Å². The monoisotopic (exact) mass is 311 g/mol. The van der Waals surface area contributed by atoms with E-state index in [4.69, 9.17) is 16.3 Å². The predicted molar refractivity (Wildman–Crippen MR) is 79.4 cm³/mol. The second-order valence-corrected chi connectivity index (χ2v) is 5.61. The van der Waals surface area contributed by atoms with Crippen LogP contribution in [0.25, 0.3) is 0 Å². The van der Waals surface area contributed by atoms with Crippen LogP contribution in [0.1, 0.15) is 21.6 Å². The highest BCUT2D eigenvalue weighted by Crippen LogP contribution is 2.21. The maximum Gasteiger partial charge on any atom is 0.349 e. The van der Waals surface area contributed by atoms with Gasteiger partial charge in [0.1, 0.15) is 9.88 Å². The second-order valence-electron chi connectivity index (χ2n) is 4.06. The van der Waals surface area contributed by atoms with Crippen LogP contribution in [0.3, 0.4) is 0 Å². The Labute approximate surface area is 126 Å². The van der Waals surface area contributed by atoms with Gasteiger partial charge in [0.2, 0.25) is 0 Å². The Hall–Kier alpha value is -1.66. The van der Waals surface area contributed by atoms with Crippen molar-refractivity contribution in [2.45, 2.75) is 13.5 Å². The number of halogens is 1. The van der Waals surface area contributed by atoms with Gasteiger partial charge in [-0.15, -0.1) is 11.3 Å². The minimum absolute atomic E-state index is 0.330.